The SMILES string of the molecule is COc1cc(NC(=S)Nc2ccccc2)ccc1F. The molecule has 2 aromatic rings. The Kier molecular flexibility index (Phi) is 4.30. The Balaban J connectivity index is 2.03. The van der Waals surface area contributed by atoms with Gasteiger partial charge in [0.2, 0.25) is 0 Å². The Morgan fingerprint density at radius 3 is 2.42 bits per heavy atom. The van der Waals surface area contributed by atoms with E-state index in [1.165, 1.54) is 13.2 Å². The summed E-state index contributed by atoms with van der Waals surface area (Å²) >= 11 is 5.17. The largest absolute Gasteiger partial charge is 0.494 e. The average molecular weight is 276 g/mol. The van der Waals surface area contributed by atoms with Gasteiger partial charge in [0.1, 0.15) is 0 Å². The van der Waals surface area contributed by atoms with Crippen LogP contribution in [-0.4, -0.2) is 12.2 Å². The van der Waals surface area contributed by atoms with Crippen molar-refractivity contribution in [1.29, 1.82) is 0 Å². The summed E-state index contributed by atoms with van der Waals surface area (Å²) in [6, 6.07) is 14.0. The summed E-state index contributed by atoms with van der Waals surface area (Å²) in [6.45, 7) is 0. The molecule has 0 aliphatic rings. The molecule has 0 heterocycles. The van der Waals surface area contributed by atoms with Gasteiger partial charge in [-0.3, -0.25) is 0 Å². The number of halogens is 1. The smallest absolute Gasteiger partial charge is 0.175 e. The number of methoxy groups -OCH3 is 1. The van der Waals surface area contributed by atoms with Gasteiger partial charge in [0.15, 0.2) is 16.7 Å². The first-order valence-corrected chi connectivity index (χ1v) is 6.06. The topological polar surface area (TPSA) is 33.3 Å². The van der Waals surface area contributed by atoms with Crippen LogP contribution in [0.2, 0.25) is 0 Å². The van der Waals surface area contributed by atoms with E-state index >= 15 is 0 Å². The first kappa shape index (κ1) is 13.3. The number of para-hydroxylation sites is 1. The summed E-state index contributed by atoms with van der Waals surface area (Å²) in [4.78, 5) is 0. The van der Waals surface area contributed by atoms with Crippen molar-refractivity contribution < 1.29 is 9.13 Å². The van der Waals surface area contributed by atoms with Crippen LogP contribution in [0.15, 0.2) is 48.5 Å². The van der Waals surface area contributed by atoms with Crippen LogP contribution in [0.25, 0.3) is 0 Å². The Labute approximate surface area is 116 Å². The van der Waals surface area contributed by atoms with E-state index in [1.54, 1.807) is 12.1 Å². The van der Waals surface area contributed by atoms with E-state index < -0.39 is 5.82 Å². The number of thiocarbonyl (C=S) groups is 1. The van der Waals surface area contributed by atoms with Crippen LogP contribution in [0, 0.1) is 5.82 Å². The summed E-state index contributed by atoms with van der Waals surface area (Å²) in [5.41, 5.74) is 1.54. The maximum atomic E-state index is 13.3. The maximum absolute atomic E-state index is 13.3. The van der Waals surface area contributed by atoms with Gasteiger partial charge in [-0.05, 0) is 36.5 Å². The monoisotopic (exact) mass is 276 g/mol. The van der Waals surface area contributed by atoms with E-state index in [2.05, 4.69) is 10.6 Å². The van der Waals surface area contributed by atoms with Crippen molar-refractivity contribution in [2.24, 2.45) is 0 Å². The molecule has 0 bridgehead atoms. The fraction of sp³-hybridized carbons (Fsp3) is 0.0714. The predicted octanol–water partition coefficient (Wildman–Crippen LogP) is 3.64. The normalized spacial score (nSPS) is 9.79. The molecule has 98 valence electrons. The zero-order valence-electron chi connectivity index (χ0n) is 10.3. The van der Waals surface area contributed by atoms with Gasteiger partial charge in [0.05, 0.1) is 7.11 Å². The van der Waals surface area contributed by atoms with Gasteiger partial charge in [-0.1, -0.05) is 18.2 Å². The predicted molar refractivity (Wildman–Crippen MR) is 79.2 cm³/mol. The van der Waals surface area contributed by atoms with Crippen molar-refractivity contribution in [2.75, 3.05) is 17.7 Å². The van der Waals surface area contributed by atoms with Crippen LogP contribution in [0.5, 0.6) is 5.75 Å². The minimum absolute atomic E-state index is 0.174. The first-order valence-electron chi connectivity index (χ1n) is 5.65. The quantitative estimate of drug-likeness (QED) is 0.839. The highest BCUT2D eigenvalue weighted by Crippen LogP contribution is 2.21. The third-order valence-corrected chi connectivity index (χ3v) is 2.64. The Morgan fingerprint density at radius 2 is 1.74 bits per heavy atom. The fourth-order valence-electron chi connectivity index (χ4n) is 1.55. The summed E-state index contributed by atoms with van der Waals surface area (Å²) in [5.74, 6) is -0.234. The molecule has 0 radical (unpaired) electrons. The second-order valence-corrected chi connectivity index (χ2v) is 4.20. The molecule has 0 amide bonds. The van der Waals surface area contributed by atoms with Crippen molar-refractivity contribution in [1.82, 2.24) is 0 Å². The van der Waals surface area contributed by atoms with Gasteiger partial charge >= 0.3 is 0 Å². The summed E-state index contributed by atoms with van der Waals surface area (Å²) in [7, 11) is 1.42. The summed E-state index contributed by atoms with van der Waals surface area (Å²) in [5, 5.41) is 6.42. The van der Waals surface area contributed by atoms with Crippen LogP contribution in [-0.2, 0) is 0 Å². The van der Waals surface area contributed by atoms with Crippen molar-refractivity contribution in [3.05, 3.63) is 54.3 Å². The minimum Gasteiger partial charge on any atom is -0.494 e. The second kappa shape index (κ2) is 6.15. The molecular formula is C14H13FN2OS. The van der Waals surface area contributed by atoms with E-state index in [-0.39, 0.29) is 5.75 Å². The van der Waals surface area contributed by atoms with Crippen LogP contribution in [0.1, 0.15) is 0 Å². The molecule has 2 N–H and O–H groups in total. The Bertz CT molecular complexity index is 575. The van der Waals surface area contributed by atoms with Crippen LogP contribution in [0.3, 0.4) is 0 Å². The molecule has 0 spiro atoms. The van der Waals surface area contributed by atoms with Gasteiger partial charge in [-0.25, -0.2) is 4.39 Å². The second-order valence-electron chi connectivity index (χ2n) is 3.79. The van der Waals surface area contributed by atoms with Crippen LogP contribution < -0.4 is 15.4 Å². The standard InChI is InChI=1S/C14H13FN2OS/c1-18-13-9-11(7-8-12(13)15)17-14(19)16-10-5-3-2-4-6-10/h2-9H,1H3,(H2,16,17,19). The number of anilines is 2. The van der Waals surface area contributed by atoms with E-state index in [0.29, 0.717) is 10.8 Å². The summed E-state index contributed by atoms with van der Waals surface area (Å²) in [6.07, 6.45) is 0. The fourth-order valence-corrected chi connectivity index (χ4v) is 1.79. The molecule has 0 saturated heterocycles. The van der Waals surface area contributed by atoms with Gasteiger partial charge in [-0.15, -0.1) is 0 Å². The molecule has 19 heavy (non-hydrogen) atoms. The molecular weight excluding hydrogens is 263 g/mol. The highest BCUT2D eigenvalue weighted by Gasteiger charge is 2.04. The molecule has 0 aromatic heterocycles. The molecule has 0 fully saturated rings. The molecule has 2 rings (SSSR count). The lowest BCUT2D eigenvalue weighted by atomic mass is 10.3. The Hall–Kier alpha value is -2.14. The first-order chi connectivity index (χ1) is 9.19. The van der Waals surface area contributed by atoms with E-state index in [1.807, 2.05) is 30.3 Å². The number of rotatable bonds is 3. The zero-order chi connectivity index (χ0) is 13.7. The van der Waals surface area contributed by atoms with E-state index in [9.17, 15) is 4.39 Å². The van der Waals surface area contributed by atoms with Gasteiger partial charge in [0.25, 0.3) is 0 Å². The van der Waals surface area contributed by atoms with Crippen molar-refractivity contribution in [2.45, 2.75) is 0 Å². The van der Waals surface area contributed by atoms with Gasteiger partial charge in [0, 0.05) is 17.4 Å². The maximum Gasteiger partial charge on any atom is 0.175 e. The lowest BCUT2D eigenvalue weighted by molar-refractivity contribution is 0.387. The average Bonchev–Trinajstić information content (AvgIpc) is 2.42. The third kappa shape index (κ3) is 3.66. The highest BCUT2D eigenvalue weighted by molar-refractivity contribution is 7.80. The molecule has 0 aliphatic heterocycles. The number of ether oxygens (including phenoxy) is 1. The van der Waals surface area contributed by atoms with Crippen molar-refractivity contribution in [3.63, 3.8) is 0 Å². The Morgan fingerprint density at radius 1 is 1.05 bits per heavy atom. The molecule has 0 aliphatic carbocycles. The number of nitrogens with one attached hydrogen (secondary N) is 2. The molecule has 3 nitrogen and oxygen atoms in total. The van der Waals surface area contributed by atoms with Crippen LogP contribution in [0.4, 0.5) is 15.8 Å². The minimum atomic E-state index is -0.407. The zero-order valence-corrected chi connectivity index (χ0v) is 11.1. The number of benzene rings is 2. The summed E-state index contributed by atoms with van der Waals surface area (Å²) < 4.78 is 18.2. The van der Waals surface area contributed by atoms with Crippen molar-refractivity contribution >= 4 is 28.7 Å². The molecule has 5 heteroatoms. The molecule has 0 unspecified atom stereocenters. The van der Waals surface area contributed by atoms with Crippen molar-refractivity contribution in [3.8, 4) is 5.75 Å². The highest BCUT2D eigenvalue weighted by atomic mass is 32.1. The lowest BCUT2D eigenvalue weighted by Crippen LogP contribution is -2.19. The van der Waals surface area contributed by atoms with Gasteiger partial charge in [-0.2, -0.15) is 0 Å². The van der Waals surface area contributed by atoms with Crippen LogP contribution >= 0.6 is 12.2 Å². The van der Waals surface area contributed by atoms with Gasteiger partial charge < -0.3 is 15.4 Å². The van der Waals surface area contributed by atoms with E-state index in [4.69, 9.17) is 17.0 Å². The molecule has 0 atom stereocenters. The third-order valence-electron chi connectivity index (χ3n) is 2.44. The molecule has 0 saturated carbocycles. The number of hydrogen-bond acceptors (Lipinski definition) is 2. The lowest BCUT2D eigenvalue weighted by Gasteiger charge is -2.11. The molecule has 2 aromatic carbocycles. The number of hydrogen-bond donors (Lipinski definition) is 2. The van der Waals surface area contributed by atoms with E-state index in [0.717, 1.165) is 5.69 Å².